The van der Waals surface area contributed by atoms with Gasteiger partial charge in [0.25, 0.3) is 0 Å². The molecular formula is C27H27N3O4. The molecule has 0 atom stereocenters. The van der Waals surface area contributed by atoms with Crippen LogP contribution in [-0.4, -0.2) is 27.6 Å². The molecule has 4 rings (SSSR count). The zero-order valence-electron chi connectivity index (χ0n) is 19.3. The molecule has 7 heteroatoms. The van der Waals surface area contributed by atoms with Crippen LogP contribution in [0.4, 0.5) is 0 Å². The van der Waals surface area contributed by atoms with Crippen LogP contribution in [0.3, 0.4) is 0 Å². The summed E-state index contributed by atoms with van der Waals surface area (Å²) in [5, 5.41) is 8.12. The molecule has 0 N–H and O–H groups in total. The fraction of sp³-hybridized carbons (Fsp3) is 0.222. The molecule has 0 radical (unpaired) electrons. The first-order valence-corrected chi connectivity index (χ1v) is 11.2. The summed E-state index contributed by atoms with van der Waals surface area (Å²) in [5.74, 6) is 0.828. The maximum absolute atomic E-state index is 12.1. The van der Waals surface area contributed by atoms with E-state index in [4.69, 9.17) is 14.2 Å². The van der Waals surface area contributed by atoms with Crippen LogP contribution in [0.15, 0.2) is 78.9 Å². The highest BCUT2D eigenvalue weighted by molar-refractivity contribution is 5.88. The minimum Gasteiger partial charge on any atom is -0.485 e. The number of carbonyl (C=O) groups is 1. The molecular weight excluding hydrogens is 430 g/mol. The molecule has 0 spiro atoms. The molecule has 0 saturated heterocycles. The summed E-state index contributed by atoms with van der Waals surface area (Å²) in [6.45, 7) is 5.14. The summed E-state index contributed by atoms with van der Waals surface area (Å²) >= 11 is 0. The van der Waals surface area contributed by atoms with Crippen LogP contribution in [0, 0.1) is 6.92 Å². The molecule has 0 unspecified atom stereocenters. The summed E-state index contributed by atoms with van der Waals surface area (Å²) < 4.78 is 19.0. The van der Waals surface area contributed by atoms with Gasteiger partial charge in [0.05, 0.1) is 18.8 Å². The lowest BCUT2D eigenvalue weighted by atomic mass is 10.2. The summed E-state index contributed by atoms with van der Waals surface area (Å²) in [6, 6.07) is 25.8. The Balaban J connectivity index is 1.54. The van der Waals surface area contributed by atoms with Crippen LogP contribution < -0.4 is 9.47 Å². The fourth-order valence-electron chi connectivity index (χ4n) is 3.43. The van der Waals surface area contributed by atoms with Crippen molar-refractivity contribution in [1.82, 2.24) is 15.0 Å². The van der Waals surface area contributed by atoms with Gasteiger partial charge in [-0.15, -0.1) is 5.10 Å². The number of hydrogen-bond donors (Lipinski definition) is 0. The van der Waals surface area contributed by atoms with Gasteiger partial charge in [-0.2, -0.15) is 0 Å². The van der Waals surface area contributed by atoms with E-state index in [1.807, 2.05) is 78.9 Å². The second-order valence-corrected chi connectivity index (χ2v) is 7.73. The predicted octanol–water partition coefficient (Wildman–Crippen LogP) is 4.97. The lowest BCUT2D eigenvalue weighted by molar-refractivity contribution is 0.0518. The van der Waals surface area contributed by atoms with Gasteiger partial charge < -0.3 is 14.2 Å². The second-order valence-electron chi connectivity index (χ2n) is 7.73. The van der Waals surface area contributed by atoms with Crippen molar-refractivity contribution in [3.8, 4) is 11.5 Å². The molecule has 0 bridgehead atoms. The van der Waals surface area contributed by atoms with E-state index >= 15 is 0 Å². The van der Waals surface area contributed by atoms with E-state index < -0.39 is 5.97 Å². The van der Waals surface area contributed by atoms with Crippen LogP contribution >= 0.6 is 0 Å². The molecule has 174 valence electrons. The van der Waals surface area contributed by atoms with E-state index in [9.17, 15) is 4.79 Å². The van der Waals surface area contributed by atoms with E-state index in [-0.39, 0.29) is 12.3 Å². The number of nitrogens with zero attached hydrogens (tertiary/aromatic N) is 3. The van der Waals surface area contributed by atoms with Gasteiger partial charge in [0.2, 0.25) is 0 Å². The van der Waals surface area contributed by atoms with Crippen molar-refractivity contribution in [3.05, 3.63) is 107 Å². The van der Waals surface area contributed by atoms with Crippen LogP contribution in [0.1, 0.15) is 39.8 Å². The van der Waals surface area contributed by atoms with Crippen molar-refractivity contribution < 1.29 is 19.0 Å². The minimum atomic E-state index is -0.470. The molecule has 1 aromatic heterocycles. The van der Waals surface area contributed by atoms with E-state index in [1.165, 1.54) is 0 Å². The molecule has 7 nitrogen and oxygen atoms in total. The molecule has 34 heavy (non-hydrogen) atoms. The third kappa shape index (κ3) is 5.81. The summed E-state index contributed by atoms with van der Waals surface area (Å²) in [7, 11) is 0. The van der Waals surface area contributed by atoms with Crippen molar-refractivity contribution in [2.24, 2.45) is 0 Å². The first kappa shape index (κ1) is 23.0. The quantitative estimate of drug-likeness (QED) is 0.313. The number of rotatable bonds is 10. The third-order valence-electron chi connectivity index (χ3n) is 5.27. The van der Waals surface area contributed by atoms with E-state index in [0.717, 1.165) is 16.7 Å². The zero-order valence-corrected chi connectivity index (χ0v) is 19.3. The van der Waals surface area contributed by atoms with E-state index in [1.54, 1.807) is 18.5 Å². The van der Waals surface area contributed by atoms with Crippen molar-refractivity contribution in [2.45, 2.75) is 33.6 Å². The van der Waals surface area contributed by atoms with Crippen LogP contribution in [0.2, 0.25) is 0 Å². The number of esters is 1. The Hall–Kier alpha value is -4.13. The van der Waals surface area contributed by atoms with E-state index in [0.29, 0.717) is 37.0 Å². The maximum Gasteiger partial charge on any atom is 0.360 e. The Bertz CT molecular complexity index is 1220. The van der Waals surface area contributed by atoms with Crippen molar-refractivity contribution in [3.63, 3.8) is 0 Å². The van der Waals surface area contributed by atoms with Crippen LogP contribution in [0.25, 0.3) is 0 Å². The van der Waals surface area contributed by atoms with Crippen molar-refractivity contribution >= 4 is 5.97 Å². The van der Waals surface area contributed by atoms with Crippen LogP contribution in [0.5, 0.6) is 11.5 Å². The van der Waals surface area contributed by atoms with Crippen LogP contribution in [-0.2, 0) is 24.5 Å². The van der Waals surface area contributed by atoms with Gasteiger partial charge in [0, 0.05) is 0 Å². The zero-order chi connectivity index (χ0) is 23.8. The number of benzene rings is 3. The molecule has 0 amide bonds. The lowest BCUT2D eigenvalue weighted by Crippen LogP contribution is -2.09. The SMILES string of the molecule is CCOC(=O)c1nnn(Cc2ccc(OCc3ccccc3)c(OCc3ccccc3)c2)c1C. The molecule has 0 saturated carbocycles. The Labute approximate surface area is 198 Å². The van der Waals surface area contributed by atoms with E-state index in [2.05, 4.69) is 10.3 Å². The maximum atomic E-state index is 12.1. The molecule has 0 aliphatic rings. The number of carbonyl (C=O) groups excluding carboxylic acids is 1. The minimum absolute atomic E-state index is 0.227. The smallest absolute Gasteiger partial charge is 0.360 e. The topological polar surface area (TPSA) is 75.5 Å². The molecule has 4 aromatic rings. The highest BCUT2D eigenvalue weighted by atomic mass is 16.5. The van der Waals surface area contributed by atoms with Gasteiger partial charge >= 0.3 is 5.97 Å². The second kappa shape index (κ2) is 11.1. The molecule has 1 heterocycles. The standard InChI is InChI=1S/C27H27N3O4/c1-3-32-27(31)26-20(2)30(29-28-26)17-23-14-15-24(33-18-21-10-6-4-7-11-21)25(16-23)34-19-22-12-8-5-9-13-22/h4-16H,3,17-19H2,1-2H3. The van der Waals surface area contributed by atoms with Crippen molar-refractivity contribution in [1.29, 1.82) is 0 Å². The third-order valence-corrected chi connectivity index (χ3v) is 5.27. The number of aromatic nitrogens is 3. The summed E-state index contributed by atoms with van der Waals surface area (Å²) in [6.07, 6.45) is 0. The normalized spacial score (nSPS) is 10.6. The highest BCUT2D eigenvalue weighted by Gasteiger charge is 2.18. The predicted molar refractivity (Wildman–Crippen MR) is 128 cm³/mol. The fourth-order valence-corrected chi connectivity index (χ4v) is 3.43. The average molecular weight is 458 g/mol. The first-order valence-electron chi connectivity index (χ1n) is 11.2. The molecule has 0 fully saturated rings. The van der Waals surface area contributed by atoms with Gasteiger partial charge in [0.1, 0.15) is 13.2 Å². The Morgan fingerprint density at radius 1 is 0.824 bits per heavy atom. The summed E-state index contributed by atoms with van der Waals surface area (Å²) in [4.78, 5) is 12.1. The molecule has 0 aliphatic carbocycles. The molecule has 3 aromatic carbocycles. The van der Waals surface area contributed by atoms with Gasteiger partial charge in [-0.05, 0) is 42.7 Å². The first-order chi connectivity index (χ1) is 16.6. The highest BCUT2D eigenvalue weighted by Crippen LogP contribution is 2.30. The number of ether oxygens (including phenoxy) is 3. The van der Waals surface area contributed by atoms with Gasteiger partial charge in [-0.3, -0.25) is 0 Å². The van der Waals surface area contributed by atoms with Gasteiger partial charge in [0.15, 0.2) is 17.2 Å². The Morgan fingerprint density at radius 3 is 2.06 bits per heavy atom. The monoisotopic (exact) mass is 457 g/mol. The lowest BCUT2D eigenvalue weighted by Gasteiger charge is -2.15. The van der Waals surface area contributed by atoms with Crippen molar-refractivity contribution in [2.75, 3.05) is 6.61 Å². The summed E-state index contributed by atoms with van der Waals surface area (Å²) in [5.41, 5.74) is 3.96. The van der Waals surface area contributed by atoms with Gasteiger partial charge in [-0.25, -0.2) is 9.48 Å². The average Bonchev–Trinajstić information content (AvgIpc) is 3.23. The Morgan fingerprint density at radius 2 is 1.44 bits per heavy atom. The largest absolute Gasteiger partial charge is 0.485 e. The number of hydrogen-bond acceptors (Lipinski definition) is 6. The molecule has 0 aliphatic heterocycles. The van der Waals surface area contributed by atoms with Gasteiger partial charge in [-0.1, -0.05) is 71.9 Å². The Kier molecular flexibility index (Phi) is 7.55.